The molecule has 1 unspecified atom stereocenters. The van der Waals surface area contributed by atoms with E-state index in [2.05, 4.69) is 10.5 Å². The molecule has 0 spiro atoms. The van der Waals surface area contributed by atoms with E-state index < -0.39 is 0 Å². The molecule has 3 N–H and O–H groups in total. The lowest BCUT2D eigenvalue weighted by molar-refractivity contribution is -0.121. The van der Waals surface area contributed by atoms with Gasteiger partial charge in [-0.3, -0.25) is 4.79 Å². The minimum absolute atomic E-state index is 0.0114. The predicted octanol–water partition coefficient (Wildman–Crippen LogP) is 1.04. The predicted molar refractivity (Wildman–Crippen MR) is 60.7 cm³/mol. The number of aromatic nitrogens is 1. The Hall–Kier alpha value is -1.36. The minimum atomic E-state index is 0.0114. The Balaban J connectivity index is 2.37. The summed E-state index contributed by atoms with van der Waals surface area (Å²) in [6.07, 6.45) is 1.16. The van der Waals surface area contributed by atoms with Gasteiger partial charge in [0.2, 0.25) is 5.91 Å². The Kier molecular flexibility index (Phi) is 4.49. The van der Waals surface area contributed by atoms with E-state index in [1.165, 1.54) is 0 Å². The van der Waals surface area contributed by atoms with Crippen LogP contribution in [0.1, 0.15) is 36.8 Å². The summed E-state index contributed by atoms with van der Waals surface area (Å²) in [6, 6.07) is 0.0600. The van der Waals surface area contributed by atoms with Gasteiger partial charge in [0.1, 0.15) is 5.76 Å². The van der Waals surface area contributed by atoms with Crippen molar-refractivity contribution in [3.63, 3.8) is 0 Å². The number of aryl methyl sites for hydroxylation is 2. The molecule has 5 heteroatoms. The molecule has 0 fully saturated rings. The molecule has 1 heterocycles. The van der Waals surface area contributed by atoms with Crippen LogP contribution in [-0.2, 0) is 11.3 Å². The van der Waals surface area contributed by atoms with Crippen molar-refractivity contribution in [2.75, 3.05) is 0 Å². The number of carbonyl (C=O) groups is 1. The summed E-state index contributed by atoms with van der Waals surface area (Å²) in [5, 5.41) is 6.65. The topological polar surface area (TPSA) is 81.2 Å². The molecule has 0 radical (unpaired) electrons. The van der Waals surface area contributed by atoms with Crippen molar-refractivity contribution in [2.24, 2.45) is 5.73 Å². The highest BCUT2D eigenvalue weighted by atomic mass is 16.5. The van der Waals surface area contributed by atoms with E-state index in [-0.39, 0.29) is 11.9 Å². The zero-order chi connectivity index (χ0) is 12.1. The molecule has 0 bridgehead atoms. The lowest BCUT2D eigenvalue weighted by Crippen LogP contribution is -2.25. The van der Waals surface area contributed by atoms with Gasteiger partial charge in [-0.15, -0.1) is 0 Å². The average molecular weight is 225 g/mol. The molecule has 0 saturated carbocycles. The second-order valence-corrected chi connectivity index (χ2v) is 4.10. The van der Waals surface area contributed by atoms with E-state index in [0.29, 0.717) is 19.4 Å². The van der Waals surface area contributed by atoms with Gasteiger partial charge in [0.15, 0.2) is 0 Å². The number of rotatable bonds is 5. The molecule has 1 aromatic heterocycles. The molecule has 16 heavy (non-hydrogen) atoms. The SMILES string of the molecule is Cc1noc(C)c1CNC(=O)CCC(C)N. The first kappa shape index (κ1) is 12.7. The standard InChI is InChI=1S/C11H19N3O2/c1-7(12)4-5-11(15)13-6-10-8(2)14-16-9(10)3/h7H,4-6,12H2,1-3H3,(H,13,15). The fourth-order valence-electron chi connectivity index (χ4n) is 1.39. The lowest BCUT2D eigenvalue weighted by atomic mass is 10.1. The molecule has 5 nitrogen and oxygen atoms in total. The van der Waals surface area contributed by atoms with Crippen molar-refractivity contribution in [2.45, 2.75) is 46.2 Å². The fraction of sp³-hybridized carbons (Fsp3) is 0.636. The number of nitrogens with zero attached hydrogens (tertiary/aromatic N) is 1. The van der Waals surface area contributed by atoms with Crippen LogP contribution in [0.4, 0.5) is 0 Å². The molecular formula is C11H19N3O2. The summed E-state index contributed by atoms with van der Waals surface area (Å²) in [6.45, 7) is 6.06. The zero-order valence-corrected chi connectivity index (χ0v) is 10.0. The van der Waals surface area contributed by atoms with Crippen LogP contribution in [0.25, 0.3) is 0 Å². The first-order valence-electron chi connectivity index (χ1n) is 5.44. The number of hydrogen-bond acceptors (Lipinski definition) is 4. The summed E-state index contributed by atoms with van der Waals surface area (Å²) in [5.74, 6) is 0.766. The largest absolute Gasteiger partial charge is 0.361 e. The normalized spacial score (nSPS) is 12.5. The lowest BCUT2D eigenvalue weighted by Gasteiger charge is -2.06. The van der Waals surface area contributed by atoms with Crippen LogP contribution < -0.4 is 11.1 Å². The van der Waals surface area contributed by atoms with Gasteiger partial charge in [-0.05, 0) is 27.2 Å². The molecule has 90 valence electrons. The quantitative estimate of drug-likeness (QED) is 0.784. The molecule has 0 aliphatic rings. The zero-order valence-electron chi connectivity index (χ0n) is 10.0. The van der Waals surface area contributed by atoms with Gasteiger partial charge in [0, 0.05) is 24.6 Å². The molecule has 1 aromatic rings. The monoisotopic (exact) mass is 225 g/mol. The van der Waals surface area contributed by atoms with Gasteiger partial charge < -0.3 is 15.6 Å². The highest BCUT2D eigenvalue weighted by Gasteiger charge is 2.10. The maximum absolute atomic E-state index is 11.4. The van der Waals surface area contributed by atoms with Crippen LogP contribution in [0.2, 0.25) is 0 Å². The molecule has 0 aliphatic carbocycles. The van der Waals surface area contributed by atoms with Gasteiger partial charge in [-0.2, -0.15) is 0 Å². The van der Waals surface area contributed by atoms with Crippen molar-refractivity contribution in [1.29, 1.82) is 0 Å². The van der Waals surface area contributed by atoms with Crippen molar-refractivity contribution in [3.05, 3.63) is 17.0 Å². The van der Waals surface area contributed by atoms with Gasteiger partial charge in [0.05, 0.1) is 5.69 Å². The van der Waals surface area contributed by atoms with E-state index in [4.69, 9.17) is 10.3 Å². The number of hydrogen-bond donors (Lipinski definition) is 2. The van der Waals surface area contributed by atoms with Gasteiger partial charge in [0.25, 0.3) is 0 Å². The molecule has 1 atom stereocenters. The minimum Gasteiger partial charge on any atom is -0.361 e. The highest BCUT2D eigenvalue weighted by molar-refractivity contribution is 5.75. The van der Waals surface area contributed by atoms with Gasteiger partial charge in [-0.1, -0.05) is 5.16 Å². The van der Waals surface area contributed by atoms with E-state index >= 15 is 0 Å². The molecular weight excluding hydrogens is 206 g/mol. The third-order valence-electron chi connectivity index (χ3n) is 2.47. The second kappa shape index (κ2) is 5.65. The fourth-order valence-corrected chi connectivity index (χ4v) is 1.39. The van der Waals surface area contributed by atoms with Crippen LogP contribution in [0.5, 0.6) is 0 Å². The maximum Gasteiger partial charge on any atom is 0.220 e. The van der Waals surface area contributed by atoms with Crippen LogP contribution in [0, 0.1) is 13.8 Å². The van der Waals surface area contributed by atoms with Crippen molar-refractivity contribution in [3.8, 4) is 0 Å². The molecule has 1 rings (SSSR count). The van der Waals surface area contributed by atoms with Gasteiger partial charge >= 0.3 is 0 Å². The average Bonchev–Trinajstić information content (AvgIpc) is 2.53. The Bertz CT molecular complexity index is 339. The second-order valence-electron chi connectivity index (χ2n) is 4.10. The van der Waals surface area contributed by atoms with Crippen LogP contribution >= 0.6 is 0 Å². The third-order valence-corrected chi connectivity index (χ3v) is 2.47. The first-order valence-corrected chi connectivity index (χ1v) is 5.44. The first-order chi connectivity index (χ1) is 7.50. The number of nitrogens with two attached hydrogens (primary N) is 1. The summed E-state index contributed by atoms with van der Waals surface area (Å²) >= 11 is 0. The van der Waals surface area contributed by atoms with Crippen LogP contribution in [-0.4, -0.2) is 17.1 Å². The van der Waals surface area contributed by atoms with Crippen molar-refractivity contribution in [1.82, 2.24) is 10.5 Å². The molecule has 0 aromatic carbocycles. The number of carbonyl (C=O) groups excluding carboxylic acids is 1. The van der Waals surface area contributed by atoms with E-state index in [1.807, 2.05) is 20.8 Å². The van der Waals surface area contributed by atoms with Crippen LogP contribution in [0.15, 0.2) is 4.52 Å². The van der Waals surface area contributed by atoms with Crippen molar-refractivity contribution >= 4 is 5.91 Å². The smallest absolute Gasteiger partial charge is 0.220 e. The Labute approximate surface area is 95.4 Å². The van der Waals surface area contributed by atoms with Crippen LogP contribution in [0.3, 0.4) is 0 Å². The third kappa shape index (κ3) is 3.66. The van der Waals surface area contributed by atoms with E-state index in [9.17, 15) is 4.79 Å². The van der Waals surface area contributed by atoms with E-state index in [1.54, 1.807) is 0 Å². The molecule has 1 amide bonds. The Morgan fingerprint density at radius 2 is 2.25 bits per heavy atom. The summed E-state index contributed by atoms with van der Waals surface area (Å²) in [4.78, 5) is 11.4. The Morgan fingerprint density at radius 3 is 2.75 bits per heavy atom. The summed E-state index contributed by atoms with van der Waals surface area (Å²) < 4.78 is 5.00. The number of amides is 1. The van der Waals surface area contributed by atoms with Crippen molar-refractivity contribution < 1.29 is 9.32 Å². The summed E-state index contributed by atoms with van der Waals surface area (Å²) in [5.41, 5.74) is 7.35. The van der Waals surface area contributed by atoms with Gasteiger partial charge in [-0.25, -0.2) is 0 Å². The molecule has 0 aliphatic heterocycles. The summed E-state index contributed by atoms with van der Waals surface area (Å²) in [7, 11) is 0. The molecule has 0 saturated heterocycles. The Morgan fingerprint density at radius 1 is 1.56 bits per heavy atom. The maximum atomic E-state index is 11.4. The van der Waals surface area contributed by atoms with E-state index in [0.717, 1.165) is 17.0 Å². The number of nitrogens with one attached hydrogen (secondary N) is 1. The highest BCUT2D eigenvalue weighted by Crippen LogP contribution is 2.11.